The molecular weight excluding hydrogens is 368 g/mol. The number of aromatic nitrogens is 2. The van der Waals surface area contributed by atoms with Gasteiger partial charge in [-0.1, -0.05) is 12.1 Å². The Labute approximate surface area is 169 Å². The van der Waals surface area contributed by atoms with Gasteiger partial charge in [0.15, 0.2) is 5.65 Å². The van der Waals surface area contributed by atoms with Gasteiger partial charge < -0.3 is 20.1 Å². The number of pyridine rings is 1. The van der Waals surface area contributed by atoms with Crippen LogP contribution in [0.25, 0.3) is 5.65 Å². The number of fused-ring (bicyclic) bond motifs is 2. The Bertz CT molecular complexity index is 1090. The van der Waals surface area contributed by atoms with Gasteiger partial charge in [0.05, 0.1) is 41.9 Å². The van der Waals surface area contributed by atoms with Crippen molar-refractivity contribution in [3.05, 3.63) is 58.5 Å². The minimum Gasteiger partial charge on any atom is -0.493 e. The molecule has 7 nitrogen and oxygen atoms in total. The van der Waals surface area contributed by atoms with Crippen LogP contribution in [0.5, 0.6) is 5.75 Å². The lowest BCUT2D eigenvalue weighted by Gasteiger charge is -2.29. The average Bonchev–Trinajstić information content (AvgIpc) is 3.02. The third-order valence-electron chi connectivity index (χ3n) is 5.45. The lowest BCUT2D eigenvalue weighted by atomic mass is 9.95. The number of hydrogen-bond acceptors (Lipinski definition) is 5. The topological polar surface area (TPSA) is 79.1 Å². The Kier molecular flexibility index (Phi) is 4.92. The maximum absolute atomic E-state index is 12.7. The molecule has 1 unspecified atom stereocenters. The van der Waals surface area contributed by atoms with Crippen molar-refractivity contribution in [1.29, 1.82) is 0 Å². The van der Waals surface area contributed by atoms with E-state index in [9.17, 15) is 9.90 Å². The Morgan fingerprint density at radius 1 is 1.38 bits per heavy atom. The van der Waals surface area contributed by atoms with E-state index in [0.717, 1.165) is 34.7 Å². The van der Waals surface area contributed by atoms with Crippen LogP contribution in [0, 0.1) is 13.8 Å². The van der Waals surface area contributed by atoms with Crippen molar-refractivity contribution in [2.45, 2.75) is 32.9 Å². The standard InChI is InChI=1S/C22H26N4O3/c1-13-6-5-7-19-20(13)16(8-9-29-19)24-17-10-15(22(28)25(3)4)11-26-18(12-27)14(2)23-21(17)26/h5-7,10-11,16,24,27H,8-9,12H2,1-4H3. The van der Waals surface area contributed by atoms with Gasteiger partial charge in [0.25, 0.3) is 5.91 Å². The Morgan fingerprint density at radius 2 is 2.17 bits per heavy atom. The van der Waals surface area contributed by atoms with Crippen molar-refractivity contribution in [2.24, 2.45) is 0 Å². The van der Waals surface area contributed by atoms with E-state index in [4.69, 9.17) is 4.74 Å². The van der Waals surface area contributed by atoms with E-state index in [2.05, 4.69) is 23.3 Å². The van der Waals surface area contributed by atoms with Gasteiger partial charge in [-0.15, -0.1) is 0 Å². The van der Waals surface area contributed by atoms with Crippen LogP contribution in [0.3, 0.4) is 0 Å². The number of anilines is 1. The van der Waals surface area contributed by atoms with E-state index in [1.807, 2.05) is 29.5 Å². The summed E-state index contributed by atoms with van der Waals surface area (Å²) in [6.45, 7) is 4.41. The molecule has 29 heavy (non-hydrogen) atoms. The zero-order valence-corrected chi connectivity index (χ0v) is 17.2. The van der Waals surface area contributed by atoms with Crippen LogP contribution in [0.4, 0.5) is 5.69 Å². The summed E-state index contributed by atoms with van der Waals surface area (Å²) in [4.78, 5) is 18.9. The molecule has 0 bridgehead atoms. The molecule has 0 saturated heterocycles. The fraction of sp³-hybridized carbons (Fsp3) is 0.364. The van der Waals surface area contributed by atoms with Crippen molar-refractivity contribution in [2.75, 3.05) is 26.0 Å². The first-order valence-electron chi connectivity index (χ1n) is 9.73. The largest absolute Gasteiger partial charge is 0.493 e. The number of hydrogen-bond donors (Lipinski definition) is 2. The number of aliphatic hydroxyl groups excluding tert-OH is 1. The molecule has 3 aromatic rings. The number of rotatable bonds is 4. The van der Waals surface area contributed by atoms with Crippen molar-refractivity contribution >= 4 is 17.2 Å². The molecule has 1 amide bonds. The molecular formula is C22H26N4O3. The van der Waals surface area contributed by atoms with Crippen LogP contribution in [0.2, 0.25) is 0 Å². The fourth-order valence-electron chi connectivity index (χ4n) is 3.97. The predicted octanol–water partition coefficient (Wildman–Crippen LogP) is 3.08. The second-order valence-electron chi connectivity index (χ2n) is 7.66. The molecule has 4 rings (SSSR count). The second kappa shape index (κ2) is 7.40. The van der Waals surface area contributed by atoms with E-state index in [1.165, 1.54) is 0 Å². The second-order valence-corrected chi connectivity index (χ2v) is 7.66. The highest BCUT2D eigenvalue weighted by Crippen LogP contribution is 2.37. The SMILES string of the molecule is Cc1cccc2c1C(Nc1cc(C(=O)N(C)C)cn3c(CO)c(C)nc13)CCO2. The lowest BCUT2D eigenvalue weighted by molar-refractivity contribution is 0.0827. The Hall–Kier alpha value is -3.06. The number of benzene rings is 1. The van der Waals surface area contributed by atoms with Gasteiger partial charge in [0.1, 0.15) is 5.75 Å². The first-order chi connectivity index (χ1) is 13.9. The maximum Gasteiger partial charge on any atom is 0.254 e. The molecule has 1 aliphatic rings. The summed E-state index contributed by atoms with van der Waals surface area (Å²) in [6, 6.07) is 7.95. The maximum atomic E-state index is 12.7. The molecule has 7 heteroatoms. The molecule has 1 aliphatic heterocycles. The van der Waals surface area contributed by atoms with Crippen LogP contribution in [-0.4, -0.2) is 46.0 Å². The van der Waals surface area contributed by atoms with Crippen LogP contribution < -0.4 is 10.1 Å². The van der Waals surface area contributed by atoms with Crippen molar-refractivity contribution in [3.8, 4) is 5.75 Å². The molecule has 1 atom stereocenters. The van der Waals surface area contributed by atoms with Crippen LogP contribution in [0.15, 0.2) is 30.5 Å². The van der Waals surface area contributed by atoms with E-state index in [0.29, 0.717) is 23.5 Å². The lowest BCUT2D eigenvalue weighted by Crippen LogP contribution is -2.24. The number of aryl methyl sites for hydroxylation is 2. The molecule has 2 aromatic heterocycles. The fourth-order valence-corrected chi connectivity index (χ4v) is 3.97. The van der Waals surface area contributed by atoms with Crippen molar-refractivity contribution in [3.63, 3.8) is 0 Å². The quantitative estimate of drug-likeness (QED) is 0.711. The third-order valence-corrected chi connectivity index (χ3v) is 5.45. The number of amides is 1. The molecule has 152 valence electrons. The van der Waals surface area contributed by atoms with Gasteiger partial charge in [0.2, 0.25) is 0 Å². The van der Waals surface area contributed by atoms with Gasteiger partial charge in [0, 0.05) is 32.3 Å². The van der Waals surface area contributed by atoms with Crippen LogP contribution >= 0.6 is 0 Å². The van der Waals surface area contributed by atoms with E-state index in [1.54, 1.807) is 25.2 Å². The van der Waals surface area contributed by atoms with E-state index in [-0.39, 0.29) is 18.6 Å². The zero-order valence-electron chi connectivity index (χ0n) is 17.2. The highest BCUT2D eigenvalue weighted by molar-refractivity contribution is 5.95. The molecule has 0 saturated carbocycles. The number of nitrogens with zero attached hydrogens (tertiary/aromatic N) is 3. The molecule has 1 aromatic carbocycles. The summed E-state index contributed by atoms with van der Waals surface area (Å²) in [6.07, 6.45) is 2.56. The number of imidazole rings is 1. The molecule has 0 radical (unpaired) electrons. The normalized spacial score (nSPS) is 15.7. The molecule has 0 fully saturated rings. The highest BCUT2D eigenvalue weighted by atomic mass is 16.5. The summed E-state index contributed by atoms with van der Waals surface area (Å²) >= 11 is 0. The highest BCUT2D eigenvalue weighted by Gasteiger charge is 2.25. The summed E-state index contributed by atoms with van der Waals surface area (Å²) < 4.78 is 7.65. The van der Waals surface area contributed by atoms with Crippen molar-refractivity contribution in [1.82, 2.24) is 14.3 Å². The monoisotopic (exact) mass is 394 g/mol. The third kappa shape index (κ3) is 3.31. The number of carbonyl (C=O) groups excluding carboxylic acids is 1. The number of ether oxygens (including phenoxy) is 1. The minimum atomic E-state index is -0.148. The van der Waals surface area contributed by atoms with Gasteiger partial charge in [-0.05, 0) is 31.5 Å². The summed E-state index contributed by atoms with van der Waals surface area (Å²) in [5, 5.41) is 13.4. The van der Waals surface area contributed by atoms with Crippen molar-refractivity contribution < 1.29 is 14.6 Å². The first kappa shape index (κ1) is 19.3. The van der Waals surface area contributed by atoms with E-state index >= 15 is 0 Å². The average molecular weight is 394 g/mol. The van der Waals surface area contributed by atoms with Crippen LogP contribution in [0.1, 0.15) is 45.3 Å². The number of aliphatic hydroxyl groups is 1. The first-order valence-corrected chi connectivity index (χ1v) is 9.73. The molecule has 3 heterocycles. The Morgan fingerprint density at radius 3 is 2.90 bits per heavy atom. The van der Waals surface area contributed by atoms with Gasteiger partial charge >= 0.3 is 0 Å². The summed E-state index contributed by atoms with van der Waals surface area (Å²) in [5.41, 5.74) is 5.71. The molecule has 2 N–H and O–H groups in total. The summed E-state index contributed by atoms with van der Waals surface area (Å²) in [7, 11) is 3.45. The predicted molar refractivity (Wildman–Crippen MR) is 112 cm³/mol. The van der Waals surface area contributed by atoms with Gasteiger partial charge in [-0.2, -0.15) is 0 Å². The molecule has 0 spiro atoms. The zero-order chi connectivity index (χ0) is 20.7. The summed E-state index contributed by atoms with van der Waals surface area (Å²) in [5.74, 6) is 0.787. The minimum absolute atomic E-state index is 0.0445. The molecule has 0 aliphatic carbocycles. The smallest absolute Gasteiger partial charge is 0.254 e. The van der Waals surface area contributed by atoms with E-state index < -0.39 is 0 Å². The van der Waals surface area contributed by atoms with Crippen LogP contribution in [-0.2, 0) is 6.61 Å². The van der Waals surface area contributed by atoms with Gasteiger partial charge in [-0.3, -0.25) is 9.20 Å². The Balaban J connectivity index is 1.85. The van der Waals surface area contributed by atoms with Gasteiger partial charge in [-0.25, -0.2) is 4.98 Å². The number of nitrogens with one attached hydrogen (secondary N) is 1. The number of carbonyl (C=O) groups is 1.